The molecule has 0 amide bonds. The number of carbonyl (C=O) groups excluding carboxylic acids is 1. The van der Waals surface area contributed by atoms with Crippen LogP contribution in [0.25, 0.3) is 10.8 Å². The monoisotopic (exact) mass is 298 g/mol. The number of phenolic OH excluding ortho intramolecular Hbond substituents is 1. The number of alkyl halides is 3. The van der Waals surface area contributed by atoms with Crippen molar-refractivity contribution in [2.75, 3.05) is 0 Å². The van der Waals surface area contributed by atoms with Gasteiger partial charge in [0.1, 0.15) is 5.75 Å². The molecule has 2 rings (SSSR count). The lowest BCUT2D eigenvalue weighted by Gasteiger charge is -2.19. The van der Waals surface area contributed by atoms with Crippen LogP contribution in [-0.4, -0.2) is 23.4 Å². The molecule has 3 nitrogen and oxygen atoms in total. The van der Waals surface area contributed by atoms with Crippen LogP contribution in [-0.2, 0) is 4.74 Å². The number of fused-ring (bicyclic) bond motifs is 1. The van der Waals surface area contributed by atoms with E-state index in [1.165, 1.54) is 31.2 Å². The number of aromatic hydroxyl groups is 1. The molecular weight excluding hydrogens is 285 g/mol. The van der Waals surface area contributed by atoms with Gasteiger partial charge in [0.05, 0.1) is 5.56 Å². The summed E-state index contributed by atoms with van der Waals surface area (Å²) in [5, 5.41) is 10.6. The van der Waals surface area contributed by atoms with E-state index in [-0.39, 0.29) is 17.7 Å². The highest BCUT2D eigenvalue weighted by molar-refractivity contribution is 5.95. The second-order valence-electron chi connectivity index (χ2n) is 4.59. The molecule has 0 bridgehead atoms. The minimum atomic E-state index is -4.58. The van der Waals surface area contributed by atoms with Crippen LogP contribution in [0.1, 0.15) is 23.7 Å². The van der Waals surface area contributed by atoms with Gasteiger partial charge in [-0.1, -0.05) is 19.1 Å². The Labute approximate surface area is 119 Å². The zero-order chi connectivity index (χ0) is 15.6. The molecule has 112 valence electrons. The standard InChI is InChI=1S/C15H13F3O3/c1-2-13(15(16,17)18)21-14(20)11-4-3-10-8-12(19)6-5-9(10)7-11/h3-8,13,19H,2H2,1H3/t13-/m1/s1. The lowest BCUT2D eigenvalue weighted by molar-refractivity contribution is -0.204. The van der Waals surface area contributed by atoms with E-state index in [0.29, 0.717) is 10.8 Å². The van der Waals surface area contributed by atoms with Gasteiger partial charge in [0.2, 0.25) is 0 Å². The summed E-state index contributed by atoms with van der Waals surface area (Å²) in [4.78, 5) is 11.8. The Hall–Kier alpha value is -2.24. The molecule has 0 aliphatic rings. The Morgan fingerprint density at radius 2 is 1.81 bits per heavy atom. The molecule has 6 heteroatoms. The second kappa shape index (κ2) is 5.63. The summed E-state index contributed by atoms with van der Waals surface area (Å²) < 4.78 is 42.3. The van der Waals surface area contributed by atoms with Crippen molar-refractivity contribution in [1.29, 1.82) is 0 Å². The summed E-state index contributed by atoms with van der Waals surface area (Å²) in [6, 6.07) is 8.84. The summed E-state index contributed by atoms with van der Waals surface area (Å²) >= 11 is 0. The van der Waals surface area contributed by atoms with Crippen LogP contribution in [0, 0.1) is 0 Å². The highest BCUT2D eigenvalue weighted by Crippen LogP contribution is 2.27. The molecule has 2 aromatic rings. The summed E-state index contributed by atoms with van der Waals surface area (Å²) in [6.07, 6.45) is -7.02. The first-order valence-electron chi connectivity index (χ1n) is 6.31. The minimum absolute atomic E-state index is 0.0379. The molecule has 0 radical (unpaired) electrons. The van der Waals surface area contributed by atoms with Crippen LogP contribution in [0.15, 0.2) is 36.4 Å². The van der Waals surface area contributed by atoms with Gasteiger partial charge in [-0.3, -0.25) is 0 Å². The first-order chi connectivity index (χ1) is 9.81. The Morgan fingerprint density at radius 3 is 2.43 bits per heavy atom. The van der Waals surface area contributed by atoms with Crippen LogP contribution < -0.4 is 0 Å². The number of hydrogen-bond donors (Lipinski definition) is 1. The summed E-state index contributed by atoms with van der Waals surface area (Å²) in [6.45, 7) is 1.30. The number of halogens is 3. The SMILES string of the molecule is CC[C@@H](OC(=O)c1ccc2cc(O)ccc2c1)C(F)(F)F. The number of esters is 1. The molecule has 0 aliphatic heterocycles. The third-order valence-electron chi connectivity index (χ3n) is 3.04. The Morgan fingerprint density at radius 1 is 1.19 bits per heavy atom. The van der Waals surface area contributed by atoms with Gasteiger partial charge in [-0.05, 0) is 41.5 Å². The van der Waals surface area contributed by atoms with Gasteiger partial charge in [0, 0.05) is 0 Å². The number of hydrogen-bond acceptors (Lipinski definition) is 3. The van der Waals surface area contributed by atoms with E-state index in [9.17, 15) is 23.1 Å². The topological polar surface area (TPSA) is 46.5 Å². The van der Waals surface area contributed by atoms with Crippen molar-refractivity contribution in [3.05, 3.63) is 42.0 Å². The number of benzene rings is 2. The van der Waals surface area contributed by atoms with Crippen molar-refractivity contribution in [2.24, 2.45) is 0 Å². The maximum Gasteiger partial charge on any atom is 0.425 e. The molecule has 0 unspecified atom stereocenters. The zero-order valence-corrected chi connectivity index (χ0v) is 11.1. The van der Waals surface area contributed by atoms with Crippen LogP contribution in [0.5, 0.6) is 5.75 Å². The zero-order valence-electron chi connectivity index (χ0n) is 11.1. The minimum Gasteiger partial charge on any atom is -0.508 e. The Bertz CT molecular complexity index is 665. The van der Waals surface area contributed by atoms with Crippen molar-refractivity contribution in [1.82, 2.24) is 0 Å². The maximum absolute atomic E-state index is 12.6. The van der Waals surface area contributed by atoms with E-state index in [2.05, 4.69) is 4.74 Å². The van der Waals surface area contributed by atoms with Gasteiger partial charge >= 0.3 is 12.1 Å². The lowest BCUT2D eigenvalue weighted by Crippen LogP contribution is -2.33. The maximum atomic E-state index is 12.6. The molecule has 0 aromatic heterocycles. The first kappa shape index (κ1) is 15.2. The molecule has 0 saturated carbocycles. The van der Waals surface area contributed by atoms with E-state index in [1.54, 1.807) is 12.1 Å². The predicted octanol–water partition coefficient (Wildman–Crippen LogP) is 4.04. The van der Waals surface area contributed by atoms with E-state index in [1.807, 2.05) is 0 Å². The van der Waals surface area contributed by atoms with Crippen LogP contribution >= 0.6 is 0 Å². The molecule has 0 heterocycles. The van der Waals surface area contributed by atoms with E-state index < -0.39 is 18.2 Å². The van der Waals surface area contributed by atoms with Gasteiger partial charge < -0.3 is 9.84 Å². The van der Waals surface area contributed by atoms with Gasteiger partial charge in [0.15, 0.2) is 6.10 Å². The van der Waals surface area contributed by atoms with E-state index >= 15 is 0 Å². The largest absolute Gasteiger partial charge is 0.508 e. The number of carbonyl (C=O) groups is 1. The Kier molecular flexibility index (Phi) is 4.06. The molecule has 2 aromatic carbocycles. The highest BCUT2D eigenvalue weighted by atomic mass is 19.4. The highest BCUT2D eigenvalue weighted by Gasteiger charge is 2.41. The fourth-order valence-corrected chi connectivity index (χ4v) is 1.94. The predicted molar refractivity (Wildman–Crippen MR) is 71.2 cm³/mol. The average molecular weight is 298 g/mol. The normalized spacial score (nSPS) is 13.1. The Balaban J connectivity index is 2.25. The van der Waals surface area contributed by atoms with Gasteiger partial charge in [-0.25, -0.2) is 4.79 Å². The van der Waals surface area contributed by atoms with Crippen molar-refractivity contribution < 1.29 is 27.8 Å². The van der Waals surface area contributed by atoms with Crippen LogP contribution in [0.3, 0.4) is 0 Å². The van der Waals surface area contributed by atoms with Gasteiger partial charge in [0.25, 0.3) is 0 Å². The smallest absolute Gasteiger partial charge is 0.425 e. The molecule has 21 heavy (non-hydrogen) atoms. The third-order valence-corrected chi connectivity index (χ3v) is 3.04. The van der Waals surface area contributed by atoms with Crippen LogP contribution in [0.2, 0.25) is 0 Å². The third kappa shape index (κ3) is 3.45. The first-order valence-corrected chi connectivity index (χ1v) is 6.31. The molecule has 0 saturated heterocycles. The number of rotatable bonds is 3. The molecule has 1 N–H and O–H groups in total. The second-order valence-corrected chi connectivity index (χ2v) is 4.59. The van der Waals surface area contributed by atoms with Gasteiger partial charge in [-0.15, -0.1) is 0 Å². The molecule has 0 aliphatic carbocycles. The molecule has 0 spiro atoms. The van der Waals surface area contributed by atoms with Gasteiger partial charge in [-0.2, -0.15) is 13.2 Å². The number of ether oxygens (including phenoxy) is 1. The summed E-state index contributed by atoms with van der Waals surface area (Å²) in [5.74, 6) is -0.949. The van der Waals surface area contributed by atoms with Crippen molar-refractivity contribution >= 4 is 16.7 Å². The quantitative estimate of drug-likeness (QED) is 0.870. The fourth-order valence-electron chi connectivity index (χ4n) is 1.94. The molecular formula is C15H13F3O3. The lowest BCUT2D eigenvalue weighted by atomic mass is 10.1. The summed E-state index contributed by atoms with van der Waals surface area (Å²) in [7, 11) is 0. The van der Waals surface area contributed by atoms with Crippen molar-refractivity contribution in [3.63, 3.8) is 0 Å². The van der Waals surface area contributed by atoms with Crippen molar-refractivity contribution in [3.8, 4) is 5.75 Å². The fraction of sp³-hybridized carbons (Fsp3) is 0.267. The van der Waals surface area contributed by atoms with E-state index in [4.69, 9.17) is 0 Å². The van der Waals surface area contributed by atoms with Crippen molar-refractivity contribution in [2.45, 2.75) is 25.6 Å². The molecule has 1 atom stereocenters. The van der Waals surface area contributed by atoms with E-state index in [0.717, 1.165) is 0 Å². The average Bonchev–Trinajstić information content (AvgIpc) is 2.42. The molecule has 0 fully saturated rings. The summed E-state index contributed by atoms with van der Waals surface area (Å²) in [5.41, 5.74) is 0.0379. The number of phenols is 1. The van der Waals surface area contributed by atoms with Crippen LogP contribution in [0.4, 0.5) is 13.2 Å².